The van der Waals surface area contributed by atoms with Crippen LogP contribution in [0.3, 0.4) is 0 Å². The number of methoxy groups -OCH3 is 1. The fourth-order valence-electron chi connectivity index (χ4n) is 2.60. The highest BCUT2D eigenvalue weighted by Crippen LogP contribution is 2.30. The van der Waals surface area contributed by atoms with Gasteiger partial charge in [0.1, 0.15) is 5.75 Å². The van der Waals surface area contributed by atoms with Gasteiger partial charge in [0.25, 0.3) is 0 Å². The molecule has 0 saturated carbocycles. The average molecular weight is 343 g/mol. The van der Waals surface area contributed by atoms with E-state index in [4.69, 9.17) is 4.74 Å². The lowest BCUT2D eigenvalue weighted by Crippen LogP contribution is -2.14. The topological polar surface area (TPSA) is 26.3 Å². The molecule has 2 aromatic carbocycles. The van der Waals surface area contributed by atoms with Crippen LogP contribution >= 0.6 is 15.9 Å². The SMILES string of the molecule is COc1ccc2c(c1)CC/C(=C\c1ccccc1Br)C2=O. The summed E-state index contributed by atoms with van der Waals surface area (Å²) in [5.74, 6) is 0.925. The Hall–Kier alpha value is -1.87. The Balaban J connectivity index is 1.98. The van der Waals surface area contributed by atoms with Crippen molar-refractivity contribution in [3.63, 3.8) is 0 Å². The normalized spacial score (nSPS) is 15.9. The van der Waals surface area contributed by atoms with Crippen LogP contribution in [0.5, 0.6) is 5.75 Å². The van der Waals surface area contributed by atoms with Gasteiger partial charge >= 0.3 is 0 Å². The number of allylic oxidation sites excluding steroid dienone is 1. The molecule has 0 fully saturated rings. The van der Waals surface area contributed by atoms with Crippen LogP contribution in [-0.4, -0.2) is 12.9 Å². The number of hydrogen-bond acceptors (Lipinski definition) is 2. The first-order chi connectivity index (χ1) is 10.2. The highest BCUT2D eigenvalue weighted by atomic mass is 79.9. The van der Waals surface area contributed by atoms with E-state index in [1.165, 1.54) is 0 Å². The third-order valence-corrected chi connectivity index (χ3v) is 4.47. The van der Waals surface area contributed by atoms with Gasteiger partial charge in [-0.25, -0.2) is 0 Å². The largest absolute Gasteiger partial charge is 0.497 e. The molecule has 0 amide bonds. The molecule has 0 N–H and O–H groups in total. The molecule has 106 valence electrons. The maximum atomic E-state index is 12.6. The van der Waals surface area contributed by atoms with Crippen LogP contribution in [0.25, 0.3) is 6.08 Å². The minimum atomic E-state index is 0.120. The second kappa shape index (κ2) is 5.86. The summed E-state index contributed by atoms with van der Waals surface area (Å²) >= 11 is 3.52. The van der Waals surface area contributed by atoms with Crippen LogP contribution in [0.2, 0.25) is 0 Å². The molecule has 0 aliphatic heterocycles. The molecule has 3 heteroatoms. The number of rotatable bonds is 2. The van der Waals surface area contributed by atoms with Gasteiger partial charge in [0.2, 0.25) is 0 Å². The van der Waals surface area contributed by atoms with Gasteiger partial charge in [0, 0.05) is 15.6 Å². The summed E-state index contributed by atoms with van der Waals surface area (Å²) in [5, 5.41) is 0. The van der Waals surface area contributed by atoms with Crippen LogP contribution in [0.1, 0.15) is 27.9 Å². The predicted molar refractivity (Wildman–Crippen MR) is 87.8 cm³/mol. The fourth-order valence-corrected chi connectivity index (χ4v) is 3.00. The first-order valence-corrected chi connectivity index (χ1v) is 7.65. The van der Waals surface area contributed by atoms with Gasteiger partial charge in [-0.2, -0.15) is 0 Å². The molecule has 0 spiro atoms. The highest BCUT2D eigenvalue weighted by molar-refractivity contribution is 9.10. The second-order valence-electron chi connectivity index (χ2n) is 5.04. The van der Waals surface area contributed by atoms with E-state index < -0.39 is 0 Å². The standard InChI is InChI=1S/C18H15BrO2/c1-21-15-8-9-16-12(11-15)6-7-14(18(16)20)10-13-4-2-3-5-17(13)19/h2-5,8-11H,6-7H2,1H3/b14-10+. The molecule has 3 rings (SSSR count). The van der Waals surface area contributed by atoms with Crippen molar-refractivity contribution < 1.29 is 9.53 Å². The Labute approximate surface area is 132 Å². The van der Waals surface area contributed by atoms with Gasteiger partial charge in [-0.15, -0.1) is 0 Å². The van der Waals surface area contributed by atoms with Gasteiger partial charge in [-0.1, -0.05) is 34.1 Å². The van der Waals surface area contributed by atoms with Gasteiger partial charge in [0.15, 0.2) is 5.78 Å². The lowest BCUT2D eigenvalue weighted by molar-refractivity contribution is 0.102. The van der Waals surface area contributed by atoms with E-state index in [-0.39, 0.29) is 5.78 Å². The predicted octanol–water partition coefficient (Wildman–Crippen LogP) is 4.67. The summed E-state index contributed by atoms with van der Waals surface area (Å²) in [4.78, 5) is 12.6. The third-order valence-electron chi connectivity index (χ3n) is 3.75. The molecule has 0 heterocycles. The van der Waals surface area contributed by atoms with Crippen molar-refractivity contribution in [2.24, 2.45) is 0 Å². The summed E-state index contributed by atoms with van der Waals surface area (Å²) in [7, 11) is 1.64. The number of halogens is 1. The molecular weight excluding hydrogens is 328 g/mol. The number of carbonyl (C=O) groups excluding carboxylic acids is 1. The van der Waals surface area contributed by atoms with E-state index in [0.717, 1.165) is 45.3 Å². The zero-order valence-corrected chi connectivity index (χ0v) is 13.3. The number of ether oxygens (including phenoxy) is 1. The zero-order valence-electron chi connectivity index (χ0n) is 11.7. The summed E-state index contributed by atoms with van der Waals surface area (Å²) in [6.07, 6.45) is 3.62. The van der Waals surface area contributed by atoms with Crippen LogP contribution in [-0.2, 0) is 6.42 Å². The van der Waals surface area contributed by atoms with E-state index in [9.17, 15) is 4.79 Å². The minimum absolute atomic E-state index is 0.120. The molecule has 0 saturated heterocycles. The molecule has 2 aromatic rings. The smallest absolute Gasteiger partial charge is 0.189 e. The molecule has 1 aliphatic rings. The van der Waals surface area contributed by atoms with Crippen molar-refractivity contribution >= 4 is 27.8 Å². The molecule has 0 atom stereocenters. The summed E-state index contributed by atoms with van der Waals surface area (Å²) in [5.41, 5.74) is 3.77. The summed E-state index contributed by atoms with van der Waals surface area (Å²) in [6, 6.07) is 13.6. The van der Waals surface area contributed by atoms with Crippen LogP contribution < -0.4 is 4.74 Å². The van der Waals surface area contributed by atoms with Gasteiger partial charge < -0.3 is 4.74 Å². The first kappa shape index (κ1) is 14.1. The van der Waals surface area contributed by atoms with E-state index in [1.54, 1.807) is 7.11 Å². The van der Waals surface area contributed by atoms with E-state index >= 15 is 0 Å². The molecule has 0 bridgehead atoms. The molecule has 0 aromatic heterocycles. The van der Waals surface area contributed by atoms with Gasteiger partial charge in [0.05, 0.1) is 7.11 Å². The van der Waals surface area contributed by atoms with Crippen molar-refractivity contribution in [2.45, 2.75) is 12.8 Å². The number of Topliss-reactive ketones (excluding diaryl/α,β-unsaturated/α-hetero) is 1. The number of fused-ring (bicyclic) bond motifs is 1. The Bertz CT molecular complexity index is 732. The monoisotopic (exact) mass is 342 g/mol. The minimum Gasteiger partial charge on any atom is -0.497 e. The van der Waals surface area contributed by atoms with Crippen molar-refractivity contribution in [1.29, 1.82) is 0 Å². The number of ketones is 1. The quantitative estimate of drug-likeness (QED) is 0.741. The highest BCUT2D eigenvalue weighted by Gasteiger charge is 2.22. The second-order valence-corrected chi connectivity index (χ2v) is 5.90. The van der Waals surface area contributed by atoms with Crippen LogP contribution in [0, 0.1) is 0 Å². The van der Waals surface area contributed by atoms with Crippen molar-refractivity contribution in [1.82, 2.24) is 0 Å². The van der Waals surface area contributed by atoms with Crippen LogP contribution in [0.15, 0.2) is 52.5 Å². The Morgan fingerprint density at radius 2 is 1.95 bits per heavy atom. The Morgan fingerprint density at radius 1 is 1.14 bits per heavy atom. The zero-order chi connectivity index (χ0) is 14.8. The Morgan fingerprint density at radius 3 is 2.71 bits per heavy atom. The third kappa shape index (κ3) is 2.79. The van der Waals surface area contributed by atoms with E-state index in [0.29, 0.717) is 0 Å². The van der Waals surface area contributed by atoms with Gasteiger partial charge in [-0.05, 0) is 54.3 Å². The maximum absolute atomic E-state index is 12.6. The van der Waals surface area contributed by atoms with E-state index in [1.807, 2.05) is 48.5 Å². The summed E-state index contributed by atoms with van der Waals surface area (Å²) < 4.78 is 6.23. The molecule has 2 nitrogen and oxygen atoms in total. The lowest BCUT2D eigenvalue weighted by Gasteiger charge is -2.18. The van der Waals surface area contributed by atoms with Crippen molar-refractivity contribution in [3.8, 4) is 5.75 Å². The molecule has 0 radical (unpaired) electrons. The molecule has 0 unspecified atom stereocenters. The first-order valence-electron chi connectivity index (χ1n) is 6.86. The molecular formula is C18H15BrO2. The number of hydrogen-bond donors (Lipinski definition) is 0. The van der Waals surface area contributed by atoms with Crippen molar-refractivity contribution in [3.05, 3.63) is 69.2 Å². The maximum Gasteiger partial charge on any atom is 0.189 e. The van der Waals surface area contributed by atoms with Crippen molar-refractivity contribution in [2.75, 3.05) is 7.11 Å². The number of benzene rings is 2. The summed E-state index contributed by atoms with van der Waals surface area (Å²) in [6.45, 7) is 0. The fraction of sp³-hybridized carbons (Fsp3) is 0.167. The average Bonchev–Trinajstić information content (AvgIpc) is 2.51. The molecule has 1 aliphatic carbocycles. The van der Waals surface area contributed by atoms with Crippen LogP contribution in [0.4, 0.5) is 0 Å². The number of carbonyl (C=O) groups is 1. The molecule has 21 heavy (non-hydrogen) atoms. The van der Waals surface area contributed by atoms with E-state index in [2.05, 4.69) is 15.9 Å². The lowest BCUT2D eigenvalue weighted by atomic mass is 9.86. The number of aryl methyl sites for hydroxylation is 1. The Kier molecular flexibility index (Phi) is 3.93. The van der Waals surface area contributed by atoms with Gasteiger partial charge in [-0.3, -0.25) is 4.79 Å².